The van der Waals surface area contributed by atoms with Gasteiger partial charge in [0.25, 0.3) is 0 Å². The van der Waals surface area contributed by atoms with Crippen molar-refractivity contribution in [3.63, 3.8) is 0 Å². The van der Waals surface area contributed by atoms with Gasteiger partial charge in [-0.15, -0.1) is 11.3 Å². The lowest BCUT2D eigenvalue weighted by molar-refractivity contribution is 0.0991. The van der Waals surface area contributed by atoms with E-state index >= 15 is 0 Å². The summed E-state index contributed by atoms with van der Waals surface area (Å²) < 4.78 is 0.906. The molecule has 1 aromatic heterocycles. The van der Waals surface area contributed by atoms with Crippen LogP contribution in [-0.4, -0.2) is 10.6 Å². The number of ketones is 1. The minimum Gasteiger partial charge on any atom is -0.292 e. The zero-order chi connectivity index (χ0) is 9.84. The van der Waals surface area contributed by atoms with Gasteiger partial charge in [0.1, 0.15) is 0 Å². The van der Waals surface area contributed by atoms with E-state index in [9.17, 15) is 4.79 Å². The van der Waals surface area contributed by atoms with Gasteiger partial charge in [-0.2, -0.15) is 0 Å². The maximum Gasteiger partial charge on any atom is 0.187 e. The zero-order valence-corrected chi connectivity index (χ0v) is 11.2. The molecule has 1 atom stereocenters. The Labute approximate surface area is 98.8 Å². The third kappa shape index (κ3) is 2.89. The van der Waals surface area contributed by atoms with Crippen LogP contribution in [-0.2, 0) is 0 Å². The molecule has 0 fully saturated rings. The average Bonchev–Trinajstić information content (AvgIpc) is 2.50. The first-order valence-electron chi connectivity index (χ1n) is 4.08. The van der Waals surface area contributed by atoms with Crippen molar-refractivity contribution in [1.82, 2.24) is 0 Å². The van der Waals surface area contributed by atoms with Crippen LogP contribution in [0.1, 0.15) is 29.4 Å². The van der Waals surface area contributed by atoms with Gasteiger partial charge in [-0.05, 0) is 33.8 Å². The van der Waals surface area contributed by atoms with Gasteiger partial charge in [0.05, 0.1) is 9.70 Å². The van der Waals surface area contributed by atoms with Crippen molar-refractivity contribution in [1.29, 1.82) is 0 Å². The number of halogens is 2. The van der Waals surface area contributed by atoms with E-state index in [1.807, 2.05) is 11.4 Å². The summed E-state index contributed by atoms with van der Waals surface area (Å²) in [6, 6.07) is 1.91. The lowest BCUT2D eigenvalue weighted by Crippen LogP contribution is -2.12. The second-order valence-electron chi connectivity index (χ2n) is 2.72. The molecule has 1 nitrogen and oxygen atoms in total. The Balaban J connectivity index is 2.73. The molecule has 0 radical (unpaired) electrons. The predicted molar refractivity (Wildman–Crippen MR) is 64.0 cm³/mol. The molecule has 72 valence electrons. The Hall–Kier alpha value is 0.330. The topological polar surface area (TPSA) is 17.1 Å². The molecule has 1 aromatic rings. The van der Waals surface area contributed by atoms with Gasteiger partial charge in [0.2, 0.25) is 0 Å². The fraction of sp³-hybridized carbons (Fsp3) is 0.444. The van der Waals surface area contributed by atoms with Crippen molar-refractivity contribution in [2.45, 2.75) is 24.6 Å². The number of rotatable bonds is 4. The summed E-state index contributed by atoms with van der Waals surface area (Å²) in [6.45, 7) is 2.07. The fourth-order valence-electron chi connectivity index (χ4n) is 0.996. The number of hydrogen-bond donors (Lipinski definition) is 0. The second kappa shape index (κ2) is 5.27. The van der Waals surface area contributed by atoms with Crippen molar-refractivity contribution in [2.75, 3.05) is 0 Å². The molecule has 0 aliphatic heterocycles. The highest BCUT2D eigenvalue weighted by molar-refractivity contribution is 9.10. The van der Waals surface area contributed by atoms with Gasteiger partial charge in [0, 0.05) is 4.47 Å². The SMILES string of the molecule is CCCC(Br)C(=O)c1sccc1Br. The molecule has 0 saturated carbocycles. The van der Waals surface area contributed by atoms with Crippen LogP contribution >= 0.6 is 43.2 Å². The number of Topliss-reactive ketones (excluding diaryl/α,β-unsaturated/α-hetero) is 1. The third-order valence-electron chi connectivity index (χ3n) is 1.67. The van der Waals surface area contributed by atoms with Crippen molar-refractivity contribution in [3.05, 3.63) is 20.8 Å². The van der Waals surface area contributed by atoms with Crippen LogP contribution < -0.4 is 0 Å². The smallest absolute Gasteiger partial charge is 0.187 e. The molecule has 0 amide bonds. The molecule has 0 bridgehead atoms. The van der Waals surface area contributed by atoms with Gasteiger partial charge in [0.15, 0.2) is 5.78 Å². The van der Waals surface area contributed by atoms with Crippen LogP contribution in [0.5, 0.6) is 0 Å². The normalized spacial score (nSPS) is 12.8. The monoisotopic (exact) mass is 324 g/mol. The van der Waals surface area contributed by atoms with Gasteiger partial charge in [-0.1, -0.05) is 29.3 Å². The van der Waals surface area contributed by atoms with Crippen molar-refractivity contribution < 1.29 is 4.79 Å². The van der Waals surface area contributed by atoms with Crippen LogP contribution in [0.4, 0.5) is 0 Å². The van der Waals surface area contributed by atoms with E-state index in [0.29, 0.717) is 0 Å². The molecule has 1 heterocycles. The first-order valence-corrected chi connectivity index (χ1v) is 6.67. The number of carbonyl (C=O) groups is 1. The lowest BCUT2D eigenvalue weighted by Gasteiger charge is -2.05. The molecule has 0 aliphatic carbocycles. The van der Waals surface area contributed by atoms with Crippen LogP contribution in [0.25, 0.3) is 0 Å². The first-order chi connectivity index (χ1) is 6.16. The zero-order valence-electron chi connectivity index (χ0n) is 7.22. The standard InChI is InChI=1S/C9H10Br2OS/c1-2-3-6(10)8(12)9-7(11)4-5-13-9/h4-6H,2-3H2,1H3. The van der Waals surface area contributed by atoms with Crippen LogP contribution in [0.15, 0.2) is 15.9 Å². The van der Waals surface area contributed by atoms with E-state index in [2.05, 4.69) is 38.8 Å². The quantitative estimate of drug-likeness (QED) is 0.597. The highest BCUT2D eigenvalue weighted by Gasteiger charge is 2.19. The number of carbonyl (C=O) groups excluding carboxylic acids is 1. The Bertz CT molecular complexity index is 296. The summed E-state index contributed by atoms with van der Waals surface area (Å²) in [6.07, 6.45) is 1.91. The molecule has 0 spiro atoms. The second-order valence-corrected chi connectivity index (χ2v) is 5.59. The fourth-order valence-corrected chi connectivity index (χ4v) is 3.40. The minimum atomic E-state index is -0.0348. The summed E-state index contributed by atoms with van der Waals surface area (Å²) >= 11 is 8.24. The Morgan fingerprint density at radius 3 is 2.85 bits per heavy atom. The molecule has 0 aromatic carbocycles. The van der Waals surface area contributed by atoms with E-state index in [0.717, 1.165) is 22.2 Å². The molecule has 0 aliphatic rings. The molecule has 0 N–H and O–H groups in total. The molecule has 1 unspecified atom stereocenters. The first kappa shape index (κ1) is 11.4. The maximum absolute atomic E-state index is 11.8. The van der Waals surface area contributed by atoms with Crippen LogP contribution in [0, 0.1) is 0 Å². The molecule has 13 heavy (non-hydrogen) atoms. The van der Waals surface area contributed by atoms with Crippen molar-refractivity contribution in [2.24, 2.45) is 0 Å². The lowest BCUT2D eigenvalue weighted by atomic mass is 10.1. The summed E-state index contributed by atoms with van der Waals surface area (Å²) in [7, 11) is 0. The van der Waals surface area contributed by atoms with E-state index < -0.39 is 0 Å². The minimum absolute atomic E-state index is 0.0348. The van der Waals surface area contributed by atoms with Gasteiger partial charge in [-0.3, -0.25) is 4.79 Å². The summed E-state index contributed by atoms with van der Waals surface area (Å²) in [4.78, 5) is 12.5. The molecule has 1 rings (SSSR count). The largest absolute Gasteiger partial charge is 0.292 e. The highest BCUT2D eigenvalue weighted by Crippen LogP contribution is 2.26. The predicted octanol–water partition coefficient (Wildman–Crippen LogP) is 4.26. The molecule has 4 heteroatoms. The number of hydrogen-bond acceptors (Lipinski definition) is 2. The van der Waals surface area contributed by atoms with E-state index in [-0.39, 0.29) is 10.6 Å². The highest BCUT2D eigenvalue weighted by atomic mass is 79.9. The maximum atomic E-state index is 11.8. The third-order valence-corrected chi connectivity index (χ3v) is 4.39. The number of thiophene rings is 1. The van der Waals surface area contributed by atoms with E-state index in [4.69, 9.17) is 0 Å². The summed E-state index contributed by atoms with van der Waals surface area (Å²) in [5, 5.41) is 1.92. The van der Waals surface area contributed by atoms with Gasteiger partial charge in [-0.25, -0.2) is 0 Å². The van der Waals surface area contributed by atoms with Gasteiger partial charge < -0.3 is 0 Å². The Morgan fingerprint density at radius 2 is 2.38 bits per heavy atom. The Kier molecular flexibility index (Phi) is 4.62. The number of alkyl halides is 1. The van der Waals surface area contributed by atoms with Crippen molar-refractivity contribution in [3.8, 4) is 0 Å². The van der Waals surface area contributed by atoms with Crippen LogP contribution in [0.3, 0.4) is 0 Å². The van der Waals surface area contributed by atoms with Gasteiger partial charge >= 0.3 is 0 Å². The van der Waals surface area contributed by atoms with Crippen LogP contribution in [0.2, 0.25) is 0 Å². The average molecular weight is 326 g/mol. The summed E-state index contributed by atoms with van der Waals surface area (Å²) in [5.74, 6) is 0.184. The van der Waals surface area contributed by atoms with E-state index in [1.54, 1.807) is 0 Å². The molecular weight excluding hydrogens is 316 g/mol. The molecule has 0 saturated heterocycles. The van der Waals surface area contributed by atoms with Crippen molar-refractivity contribution >= 4 is 49.0 Å². The molecular formula is C9H10Br2OS. The Morgan fingerprint density at radius 1 is 1.69 bits per heavy atom. The van der Waals surface area contributed by atoms with E-state index in [1.165, 1.54) is 11.3 Å². The summed E-state index contributed by atoms with van der Waals surface area (Å²) in [5.41, 5.74) is 0.